The molecule has 1 heterocycles. The molecule has 4 nitrogen and oxygen atoms in total. The van der Waals surface area contributed by atoms with E-state index in [4.69, 9.17) is 4.74 Å². The second-order valence-corrected chi connectivity index (χ2v) is 5.37. The lowest BCUT2D eigenvalue weighted by Crippen LogP contribution is -2.09. The van der Waals surface area contributed by atoms with Gasteiger partial charge in [0.2, 0.25) is 0 Å². The van der Waals surface area contributed by atoms with E-state index in [1.807, 2.05) is 44.2 Å². The number of aromatic nitrogens is 2. The predicted molar refractivity (Wildman–Crippen MR) is 79.7 cm³/mol. The van der Waals surface area contributed by atoms with Crippen molar-refractivity contribution in [1.82, 2.24) is 10.2 Å². The zero-order valence-corrected chi connectivity index (χ0v) is 12.3. The molecule has 0 radical (unpaired) electrons. The van der Waals surface area contributed by atoms with Crippen LogP contribution in [0.3, 0.4) is 0 Å². The van der Waals surface area contributed by atoms with E-state index >= 15 is 0 Å². The van der Waals surface area contributed by atoms with Crippen LogP contribution in [0.15, 0.2) is 30.3 Å². The Morgan fingerprint density at radius 1 is 1.29 bits per heavy atom. The maximum atomic E-state index is 12.7. The molecule has 0 bridgehead atoms. The first-order valence-electron chi connectivity index (χ1n) is 7.32. The molecule has 0 atom stereocenters. The monoisotopic (exact) mass is 282 g/mol. The minimum absolute atomic E-state index is 0.0221. The van der Waals surface area contributed by atoms with Gasteiger partial charge in [0, 0.05) is 11.1 Å². The summed E-state index contributed by atoms with van der Waals surface area (Å²) in [4.78, 5) is 12.7. The van der Waals surface area contributed by atoms with Crippen LogP contribution in [0.1, 0.15) is 47.1 Å². The van der Waals surface area contributed by atoms with Crippen molar-refractivity contribution in [3.63, 3.8) is 0 Å². The van der Waals surface area contributed by atoms with Gasteiger partial charge in [0.15, 0.2) is 5.78 Å². The van der Waals surface area contributed by atoms with Crippen LogP contribution in [0.5, 0.6) is 5.75 Å². The summed E-state index contributed by atoms with van der Waals surface area (Å²) >= 11 is 0. The van der Waals surface area contributed by atoms with Crippen LogP contribution in [-0.4, -0.2) is 22.1 Å². The van der Waals surface area contributed by atoms with Gasteiger partial charge >= 0.3 is 0 Å². The third kappa shape index (κ3) is 3.10. The summed E-state index contributed by atoms with van der Waals surface area (Å²) in [5, 5.41) is 8.15. The van der Waals surface area contributed by atoms with E-state index in [9.17, 15) is 4.79 Å². The van der Waals surface area contributed by atoms with Crippen molar-refractivity contribution >= 4 is 5.78 Å². The number of ketones is 1. The first-order chi connectivity index (χ1) is 10.2. The molecule has 0 saturated heterocycles. The molecule has 108 valence electrons. The molecular formula is C17H18N2O2. The number of carbonyl (C=O) groups excluding carboxylic acids is 1. The van der Waals surface area contributed by atoms with E-state index in [0.717, 1.165) is 30.0 Å². The number of hydrogen-bond donors (Lipinski definition) is 0. The fourth-order valence-corrected chi connectivity index (χ4v) is 2.22. The van der Waals surface area contributed by atoms with Gasteiger partial charge in [-0.1, -0.05) is 19.1 Å². The van der Waals surface area contributed by atoms with Crippen molar-refractivity contribution in [2.75, 3.05) is 0 Å². The van der Waals surface area contributed by atoms with Crippen LogP contribution in [-0.2, 0) is 6.42 Å². The van der Waals surface area contributed by atoms with Crippen LogP contribution < -0.4 is 4.74 Å². The Hall–Kier alpha value is -2.23. The lowest BCUT2D eigenvalue weighted by molar-refractivity contribution is 0.103. The molecule has 3 rings (SSSR count). The Morgan fingerprint density at radius 3 is 2.81 bits per heavy atom. The van der Waals surface area contributed by atoms with E-state index in [1.54, 1.807) is 0 Å². The molecular weight excluding hydrogens is 264 g/mol. The summed E-state index contributed by atoms with van der Waals surface area (Å²) in [5.41, 5.74) is 2.75. The first kappa shape index (κ1) is 13.7. The fraction of sp³-hybridized carbons (Fsp3) is 0.353. The molecule has 1 aromatic carbocycles. The lowest BCUT2D eigenvalue weighted by atomic mass is 10.0. The van der Waals surface area contributed by atoms with Crippen LogP contribution in [0.2, 0.25) is 0 Å². The van der Waals surface area contributed by atoms with Gasteiger partial charge < -0.3 is 4.74 Å². The topological polar surface area (TPSA) is 52.1 Å². The SMILES string of the molecule is CCc1nnc(C)cc1C(=O)c1cccc(OC2CC2)c1. The molecule has 0 amide bonds. The predicted octanol–water partition coefficient (Wildman–Crippen LogP) is 3.12. The molecule has 4 heteroatoms. The highest BCUT2D eigenvalue weighted by atomic mass is 16.5. The zero-order valence-electron chi connectivity index (χ0n) is 12.3. The third-order valence-corrected chi connectivity index (χ3v) is 3.50. The van der Waals surface area contributed by atoms with E-state index in [-0.39, 0.29) is 5.78 Å². The maximum Gasteiger partial charge on any atom is 0.195 e. The van der Waals surface area contributed by atoms with Crippen molar-refractivity contribution in [3.05, 3.63) is 52.8 Å². The van der Waals surface area contributed by atoms with Crippen LogP contribution in [0.25, 0.3) is 0 Å². The van der Waals surface area contributed by atoms with E-state index < -0.39 is 0 Å². The van der Waals surface area contributed by atoms with Crippen LogP contribution in [0, 0.1) is 6.92 Å². The van der Waals surface area contributed by atoms with Crippen molar-refractivity contribution < 1.29 is 9.53 Å². The van der Waals surface area contributed by atoms with Gasteiger partial charge in [-0.25, -0.2) is 0 Å². The highest BCUT2D eigenvalue weighted by Gasteiger charge is 2.24. The Morgan fingerprint density at radius 2 is 2.10 bits per heavy atom. The number of carbonyl (C=O) groups is 1. The molecule has 1 saturated carbocycles. The first-order valence-corrected chi connectivity index (χ1v) is 7.32. The fourth-order valence-electron chi connectivity index (χ4n) is 2.22. The standard InChI is InChI=1S/C17H18N2O2/c1-3-16-15(9-11(2)18-19-16)17(20)12-5-4-6-14(10-12)21-13-7-8-13/h4-6,9-10,13H,3,7-8H2,1-2H3. The molecule has 1 aliphatic rings. The number of ether oxygens (including phenoxy) is 1. The average molecular weight is 282 g/mol. The molecule has 1 aliphatic carbocycles. The average Bonchev–Trinajstić information content (AvgIpc) is 3.30. The molecule has 1 fully saturated rings. The summed E-state index contributed by atoms with van der Waals surface area (Å²) in [6.45, 7) is 3.82. The number of rotatable bonds is 5. The Kier molecular flexibility index (Phi) is 3.69. The summed E-state index contributed by atoms with van der Waals surface area (Å²) in [7, 11) is 0. The molecule has 2 aromatic rings. The Balaban J connectivity index is 1.92. The quantitative estimate of drug-likeness (QED) is 0.791. The molecule has 1 aromatic heterocycles. The van der Waals surface area contributed by atoms with Crippen LogP contribution in [0.4, 0.5) is 0 Å². The Bertz CT molecular complexity index is 678. The number of nitrogens with zero attached hydrogens (tertiary/aromatic N) is 2. The second kappa shape index (κ2) is 5.64. The second-order valence-electron chi connectivity index (χ2n) is 5.37. The van der Waals surface area contributed by atoms with Gasteiger partial charge in [-0.05, 0) is 44.4 Å². The van der Waals surface area contributed by atoms with Crippen molar-refractivity contribution in [1.29, 1.82) is 0 Å². The summed E-state index contributed by atoms with van der Waals surface area (Å²) in [6, 6.07) is 9.19. The smallest absolute Gasteiger partial charge is 0.195 e. The van der Waals surface area contributed by atoms with Crippen molar-refractivity contribution in [3.8, 4) is 5.75 Å². The highest BCUT2D eigenvalue weighted by Crippen LogP contribution is 2.27. The molecule has 0 spiro atoms. The summed E-state index contributed by atoms with van der Waals surface area (Å²) in [5.74, 6) is 0.742. The molecule has 0 aliphatic heterocycles. The minimum atomic E-state index is -0.0221. The zero-order chi connectivity index (χ0) is 14.8. The van der Waals surface area contributed by atoms with Gasteiger partial charge in [-0.15, -0.1) is 0 Å². The van der Waals surface area contributed by atoms with Gasteiger partial charge in [-0.3, -0.25) is 4.79 Å². The number of aryl methyl sites for hydroxylation is 2. The number of hydrogen-bond acceptors (Lipinski definition) is 4. The van der Waals surface area contributed by atoms with Gasteiger partial charge in [0.05, 0.1) is 17.5 Å². The normalized spacial score (nSPS) is 14.0. The summed E-state index contributed by atoms with van der Waals surface area (Å²) < 4.78 is 5.75. The molecule has 0 unspecified atom stereocenters. The molecule has 21 heavy (non-hydrogen) atoms. The lowest BCUT2D eigenvalue weighted by Gasteiger charge is -2.09. The van der Waals surface area contributed by atoms with E-state index in [2.05, 4.69) is 10.2 Å². The van der Waals surface area contributed by atoms with Gasteiger partial charge in [-0.2, -0.15) is 10.2 Å². The third-order valence-electron chi connectivity index (χ3n) is 3.50. The largest absolute Gasteiger partial charge is 0.490 e. The van der Waals surface area contributed by atoms with Gasteiger partial charge in [0.1, 0.15) is 5.75 Å². The highest BCUT2D eigenvalue weighted by molar-refractivity contribution is 6.09. The maximum absolute atomic E-state index is 12.7. The number of benzene rings is 1. The molecule has 0 N–H and O–H groups in total. The van der Waals surface area contributed by atoms with Gasteiger partial charge in [0.25, 0.3) is 0 Å². The minimum Gasteiger partial charge on any atom is -0.490 e. The van der Waals surface area contributed by atoms with Crippen molar-refractivity contribution in [2.45, 2.75) is 39.2 Å². The Labute approximate surface area is 124 Å². The van der Waals surface area contributed by atoms with Crippen LogP contribution >= 0.6 is 0 Å². The van der Waals surface area contributed by atoms with E-state index in [1.165, 1.54) is 0 Å². The van der Waals surface area contributed by atoms with E-state index in [0.29, 0.717) is 23.7 Å². The van der Waals surface area contributed by atoms with Crippen molar-refractivity contribution in [2.24, 2.45) is 0 Å². The summed E-state index contributed by atoms with van der Waals surface area (Å²) in [6.07, 6.45) is 3.22.